The van der Waals surface area contributed by atoms with Crippen LogP contribution in [-0.2, 0) is 28.9 Å². The maximum Gasteiger partial charge on any atom is 0.338 e. The summed E-state index contributed by atoms with van der Waals surface area (Å²) in [6, 6.07) is 17.9. The van der Waals surface area contributed by atoms with E-state index in [9.17, 15) is 14.4 Å². The molecule has 2 aliphatic heterocycles. The quantitative estimate of drug-likeness (QED) is 0.345. The minimum absolute atomic E-state index is 0.0980. The molecule has 40 heavy (non-hydrogen) atoms. The number of esters is 1. The summed E-state index contributed by atoms with van der Waals surface area (Å²) in [6.07, 6.45) is 2.23. The van der Waals surface area contributed by atoms with Crippen molar-refractivity contribution >= 4 is 22.8 Å². The number of rotatable bonds is 6. The minimum Gasteiger partial charge on any atom is -0.493 e. The summed E-state index contributed by atoms with van der Waals surface area (Å²) < 4.78 is 18.2. The van der Waals surface area contributed by atoms with Crippen molar-refractivity contribution in [2.75, 3.05) is 27.4 Å². The number of methoxy groups -OCH3 is 2. The number of ether oxygens (including phenoxy) is 3. The Morgan fingerprint density at radius 1 is 0.950 bits per heavy atom. The minimum atomic E-state index is -0.641. The molecule has 9 nitrogen and oxygen atoms in total. The van der Waals surface area contributed by atoms with Gasteiger partial charge in [-0.1, -0.05) is 30.3 Å². The second kappa shape index (κ2) is 10.5. The van der Waals surface area contributed by atoms with Gasteiger partial charge in [0, 0.05) is 19.5 Å². The summed E-state index contributed by atoms with van der Waals surface area (Å²) in [4.78, 5) is 45.6. The van der Waals surface area contributed by atoms with Crippen LogP contribution < -0.4 is 15.0 Å². The van der Waals surface area contributed by atoms with Gasteiger partial charge in [0.25, 0.3) is 11.5 Å². The smallest absolute Gasteiger partial charge is 0.338 e. The zero-order valence-corrected chi connectivity index (χ0v) is 22.4. The van der Waals surface area contributed by atoms with E-state index in [4.69, 9.17) is 14.2 Å². The maximum absolute atomic E-state index is 13.5. The largest absolute Gasteiger partial charge is 0.493 e. The van der Waals surface area contributed by atoms with Gasteiger partial charge in [0.05, 0.1) is 36.7 Å². The molecule has 6 rings (SSSR count). The van der Waals surface area contributed by atoms with Gasteiger partial charge in [-0.2, -0.15) is 0 Å². The summed E-state index contributed by atoms with van der Waals surface area (Å²) in [5.74, 6) is 0.998. The van der Waals surface area contributed by atoms with Crippen LogP contribution in [0.4, 0.5) is 0 Å². The first-order valence-electron chi connectivity index (χ1n) is 13.3. The molecule has 4 aromatic rings. The van der Waals surface area contributed by atoms with E-state index in [1.807, 2.05) is 42.5 Å². The number of carbonyl (C=O) groups excluding carboxylic acids is 2. The van der Waals surface area contributed by atoms with Crippen molar-refractivity contribution in [3.8, 4) is 11.5 Å². The van der Waals surface area contributed by atoms with E-state index in [-0.39, 0.29) is 23.1 Å². The highest BCUT2D eigenvalue weighted by Crippen LogP contribution is 2.41. The van der Waals surface area contributed by atoms with Gasteiger partial charge in [-0.25, -0.2) is 9.78 Å². The third-order valence-electron chi connectivity index (χ3n) is 7.69. The topological polar surface area (TPSA) is 100.0 Å². The molecule has 0 bridgehead atoms. The number of hydrogen-bond acceptors (Lipinski definition) is 7. The Hall–Kier alpha value is -4.66. The molecule has 0 aliphatic carbocycles. The van der Waals surface area contributed by atoms with Crippen LogP contribution in [-0.4, -0.2) is 53.7 Å². The summed E-state index contributed by atoms with van der Waals surface area (Å²) in [5.41, 5.74) is 3.55. The standard InChI is InChI=1S/C31H29N3O6/c1-38-25-16-20-12-14-34(29(19-7-4-3-5-8-19)23(20)17-26(25)39-2)28(35)18-40-31(37)21-10-11-22-24(15-21)32-27-9-6-13-33(27)30(22)36/h3-5,7-8,10-11,15-17,29H,6,9,12-14,18H2,1-2H3/t29-/m0/s1. The molecule has 204 valence electrons. The van der Waals surface area contributed by atoms with Crippen LogP contribution >= 0.6 is 0 Å². The lowest BCUT2D eigenvalue weighted by Gasteiger charge is -2.38. The Morgan fingerprint density at radius 2 is 1.73 bits per heavy atom. The molecular formula is C31H29N3O6. The van der Waals surface area contributed by atoms with Crippen LogP contribution in [0.25, 0.3) is 10.9 Å². The molecule has 0 N–H and O–H groups in total. The second-order valence-corrected chi connectivity index (χ2v) is 9.95. The van der Waals surface area contributed by atoms with E-state index in [1.165, 1.54) is 0 Å². The molecule has 0 spiro atoms. The fourth-order valence-electron chi connectivity index (χ4n) is 5.71. The SMILES string of the molecule is COc1cc2c(cc1OC)[C@H](c1ccccc1)N(C(=O)COC(=O)c1ccc3c(=O)n4c(nc3c1)CCC4)CC2. The lowest BCUT2D eigenvalue weighted by atomic mass is 9.87. The van der Waals surface area contributed by atoms with E-state index >= 15 is 0 Å². The van der Waals surface area contributed by atoms with Gasteiger partial charge >= 0.3 is 5.97 Å². The normalized spacial score (nSPS) is 15.8. The average molecular weight is 540 g/mol. The molecular weight excluding hydrogens is 510 g/mol. The number of aromatic nitrogens is 2. The van der Waals surface area contributed by atoms with Crippen molar-refractivity contribution < 1.29 is 23.8 Å². The van der Waals surface area contributed by atoms with Crippen molar-refractivity contribution in [3.05, 3.63) is 99.1 Å². The van der Waals surface area contributed by atoms with Gasteiger partial charge in [0.15, 0.2) is 18.1 Å². The van der Waals surface area contributed by atoms with Crippen LogP contribution in [0.15, 0.2) is 65.5 Å². The molecule has 0 saturated heterocycles. The van der Waals surface area contributed by atoms with Crippen LogP contribution in [0.3, 0.4) is 0 Å². The number of amides is 1. The highest BCUT2D eigenvalue weighted by Gasteiger charge is 2.34. The van der Waals surface area contributed by atoms with Crippen molar-refractivity contribution in [2.24, 2.45) is 0 Å². The van der Waals surface area contributed by atoms with Crippen LogP contribution in [0, 0.1) is 0 Å². The van der Waals surface area contributed by atoms with Gasteiger partial charge in [0.2, 0.25) is 0 Å². The van der Waals surface area contributed by atoms with Gasteiger partial charge in [-0.05, 0) is 59.9 Å². The first kappa shape index (κ1) is 25.6. The average Bonchev–Trinajstić information content (AvgIpc) is 3.47. The number of fused-ring (bicyclic) bond motifs is 3. The molecule has 2 aliphatic rings. The van der Waals surface area contributed by atoms with E-state index < -0.39 is 12.6 Å². The fourth-order valence-corrected chi connectivity index (χ4v) is 5.71. The number of nitrogens with zero attached hydrogens (tertiary/aromatic N) is 3. The van der Waals surface area contributed by atoms with E-state index in [0.717, 1.165) is 35.4 Å². The number of carbonyl (C=O) groups is 2. The number of aryl methyl sites for hydroxylation is 1. The van der Waals surface area contributed by atoms with Crippen LogP contribution in [0.1, 0.15) is 45.3 Å². The van der Waals surface area contributed by atoms with Gasteiger partial charge in [0.1, 0.15) is 5.82 Å². The monoisotopic (exact) mass is 539 g/mol. The lowest BCUT2D eigenvalue weighted by molar-refractivity contribution is -0.136. The lowest BCUT2D eigenvalue weighted by Crippen LogP contribution is -2.42. The first-order chi connectivity index (χ1) is 19.5. The highest BCUT2D eigenvalue weighted by atomic mass is 16.5. The zero-order chi connectivity index (χ0) is 27.8. The molecule has 0 radical (unpaired) electrons. The summed E-state index contributed by atoms with van der Waals surface area (Å²) in [6.45, 7) is 0.699. The molecule has 0 fully saturated rings. The Kier molecular flexibility index (Phi) is 6.71. The molecule has 0 saturated carbocycles. The Labute approximate surface area is 230 Å². The summed E-state index contributed by atoms with van der Waals surface area (Å²) in [7, 11) is 3.18. The third-order valence-corrected chi connectivity index (χ3v) is 7.69. The first-order valence-corrected chi connectivity index (χ1v) is 13.3. The van der Waals surface area contributed by atoms with Crippen molar-refractivity contribution in [1.82, 2.24) is 14.5 Å². The molecule has 0 unspecified atom stereocenters. The molecule has 9 heteroatoms. The molecule has 1 amide bonds. The second-order valence-electron chi connectivity index (χ2n) is 9.95. The molecule has 3 heterocycles. The Bertz CT molecular complexity index is 1680. The van der Waals surface area contributed by atoms with E-state index in [2.05, 4.69) is 4.98 Å². The zero-order valence-electron chi connectivity index (χ0n) is 22.4. The molecule has 1 atom stereocenters. The van der Waals surface area contributed by atoms with E-state index in [1.54, 1.807) is 41.9 Å². The fraction of sp³-hybridized carbons (Fsp3) is 0.290. The highest BCUT2D eigenvalue weighted by molar-refractivity contribution is 5.95. The number of benzene rings is 3. The van der Waals surface area contributed by atoms with Gasteiger partial charge in [-0.15, -0.1) is 0 Å². The van der Waals surface area contributed by atoms with Crippen molar-refractivity contribution in [2.45, 2.75) is 31.8 Å². The van der Waals surface area contributed by atoms with E-state index in [0.29, 0.717) is 41.9 Å². The maximum atomic E-state index is 13.5. The summed E-state index contributed by atoms with van der Waals surface area (Å²) in [5, 5.41) is 0.461. The molecule has 1 aromatic heterocycles. The number of hydrogen-bond donors (Lipinski definition) is 0. The van der Waals surface area contributed by atoms with Gasteiger partial charge in [-0.3, -0.25) is 14.2 Å². The van der Waals surface area contributed by atoms with Crippen molar-refractivity contribution in [3.63, 3.8) is 0 Å². The Balaban J connectivity index is 1.25. The predicted molar refractivity (Wildman–Crippen MR) is 148 cm³/mol. The molecule has 3 aromatic carbocycles. The van der Waals surface area contributed by atoms with Crippen LogP contribution in [0.5, 0.6) is 11.5 Å². The third kappa shape index (κ3) is 4.47. The van der Waals surface area contributed by atoms with Crippen molar-refractivity contribution in [1.29, 1.82) is 0 Å². The summed E-state index contributed by atoms with van der Waals surface area (Å²) >= 11 is 0. The Morgan fingerprint density at radius 3 is 2.50 bits per heavy atom. The van der Waals surface area contributed by atoms with Crippen LogP contribution in [0.2, 0.25) is 0 Å². The predicted octanol–water partition coefficient (Wildman–Crippen LogP) is 3.69. The van der Waals surface area contributed by atoms with Gasteiger partial charge < -0.3 is 19.1 Å².